The predicted molar refractivity (Wildman–Crippen MR) is 108 cm³/mol. The average Bonchev–Trinajstić information content (AvgIpc) is 3.04. The molecule has 2 heterocycles. The van der Waals surface area contributed by atoms with Crippen LogP contribution in [-0.2, 0) is 17.8 Å². The number of nitrogens with zero attached hydrogens (tertiary/aromatic N) is 2. The van der Waals surface area contributed by atoms with E-state index in [0.717, 1.165) is 47.8 Å². The van der Waals surface area contributed by atoms with Gasteiger partial charge in [0.05, 0.1) is 16.6 Å². The van der Waals surface area contributed by atoms with Crippen LogP contribution < -0.4 is 11.1 Å². The van der Waals surface area contributed by atoms with E-state index in [2.05, 4.69) is 15.2 Å². The van der Waals surface area contributed by atoms with E-state index in [9.17, 15) is 9.59 Å². The molecule has 7 heteroatoms. The highest BCUT2D eigenvalue weighted by molar-refractivity contribution is 7.13. The Labute approximate surface area is 163 Å². The number of aryl methyl sites for hydroxylation is 2. The maximum atomic E-state index is 12.7. The van der Waals surface area contributed by atoms with Gasteiger partial charge in [0.15, 0.2) is 0 Å². The number of benzene rings is 1. The molecule has 1 unspecified atom stereocenters. The number of likely N-dealkylation sites (tertiary alicyclic amines) is 1. The molecule has 6 nitrogen and oxygen atoms in total. The second-order valence-electron chi connectivity index (χ2n) is 6.96. The number of thiazole rings is 1. The molecule has 1 atom stereocenters. The molecule has 1 aromatic carbocycles. The Morgan fingerprint density at radius 3 is 2.85 bits per heavy atom. The normalized spacial score (nSPS) is 17.6. The SMILES string of the molecule is CCc1nc(C)c(C(=O)Nc2ccccc2CN2CCCC(C(N)=O)C2)s1. The lowest BCUT2D eigenvalue weighted by Crippen LogP contribution is -2.40. The maximum absolute atomic E-state index is 12.7. The number of nitrogens with one attached hydrogen (secondary N) is 1. The highest BCUT2D eigenvalue weighted by Crippen LogP contribution is 2.24. The van der Waals surface area contributed by atoms with E-state index in [1.54, 1.807) is 0 Å². The summed E-state index contributed by atoms with van der Waals surface area (Å²) in [7, 11) is 0. The van der Waals surface area contributed by atoms with Crippen molar-refractivity contribution >= 4 is 28.8 Å². The molecule has 0 radical (unpaired) electrons. The van der Waals surface area contributed by atoms with Crippen molar-refractivity contribution in [3.05, 3.63) is 45.4 Å². The number of nitrogens with two attached hydrogens (primary N) is 1. The summed E-state index contributed by atoms with van der Waals surface area (Å²) in [6.45, 7) is 6.19. The third-order valence-electron chi connectivity index (χ3n) is 4.92. The van der Waals surface area contributed by atoms with E-state index in [-0.39, 0.29) is 17.7 Å². The number of carbonyl (C=O) groups excluding carboxylic acids is 2. The van der Waals surface area contributed by atoms with E-state index in [0.29, 0.717) is 18.0 Å². The van der Waals surface area contributed by atoms with Crippen molar-refractivity contribution in [1.82, 2.24) is 9.88 Å². The number of hydrogen-bond acceptors (Lipinski definition) is 5. The van der Waals surface area contributed by atoms with Crippen molar-refractivity contribution in [3.8, 4) is 0 Å². The van der Waals surface area contributed by atoms with Crippen LogP contribution in [0.3, 0.4) is 0 Å². The summed E-state index contributed by atoms with van der Waals surface area (Å²) in [5.74, 6) is -0.438. The first-order valence-corrected chi connectivity index (χ1v) is 10.2. The number of rotatable bonds is 6. The fraction of sp³-hybridized carbons (Fsp3) is 0.450. The van der Waals surface area contributed by atoms with Gasteiger partial charge in [-0.05, 0) is 44.4 Å². The molecule has 1 aromatic heterocycles. The van der Waals surface area contributed by atoms with Crippen LogP contribution in [0.15, 0.2) is 24.3 Å². The van der Waals surface area contributed by atoms with Crippen LogP contribution >= 0.6 is 11.3 Å². The Morgan fingerprint density at radius 2 is 2.15 bits per heavy atom. The van der Waals surface area contributed by atoms with Gasteiger partial charge in [0.1, 0.15) is 4.88 Å². The Kier molecular flexibility index (Phi) is 6.23. The molecule has 3 N–H and O–H groups in total. The highest BCUT2D eigenvalue weighted by Gasteiger charge is 2.24. The lowest BCUT2D eigenvalue weighted by Gasteiger charge is -2.31. The quantitative estimate of drug-likeness (QED) is 0.799. The number of amides is 2. The van der Waals surface area contributed by atoms with Crippen LogP contribution in [0.25, 0.3) is 0 Å². The smallest absolute Gasteiger partial charge is 0.267 e. The van der Waals surface area contributed by atoms with Gasteiger partial charge >= 0.3 is 0 Å². The van der Waals surface area contributed by atoms with Gasteiger partial charge in [-0.3, -0.25) is 14.5 Å². The van der Waals surface area contributed by atoms with Gasteiger partial charge in [0, 0.05) is 18.8 Å². The zero-order valence-electron chi connectivity index (χ0n) is 15.8. The first-order chi connectivity index (χ1) is 13.0. The van der Waals surface area contributed by atoms with Gasteiger partial charge in [0.2, 0.25) is 5.91 Å². The van der Waals surface area contributed by atoms with Crippen molar-refractivity contribution in [2.75, 3.05) is 18.4 Å². The minimum Gasteiger partial charge on any atom is -0.369 e. The first kappa shape index (κ1) is 19.5. The number of aromatic nitrogens is 1. The Hall–Kier alpha value is -2.25. The second kappa shape index (κ2) is 8.63. The summed E-state index contributed by atoms with van der Waals surface area (Å²) < 4.78 is 0. The molecular formula is C20H26N4O2S. The molecule has 2 amide bonds. The molecule has 0 saturated carbocycles. The lowest BCUT2D eigenvalue weighted by atomic mass is 9.97. The molecule has 1 fully saturated rings. The van der Waals surface area contributed by atoms with Crippen LogP contribution in [0.2, 0.25) is 0 Å². The predicted octanol–water partition coefficient (Wildman–Crippen LogP) is 2.96. The topological polar surface area (TPSA) is 88.3 Å². The molecular weight excluding hydrogens is 360 g/mol. The Bertz CT molecular complexity index is 833. The summed E-state index contributed by atoms with van der Waals surface area (Å²) >= 11 is 1.45. The second-order valence-corrected chi connectivity index (χ2v) is 8.05. The van der Waals surface area contributed by atoms with E-state index >= 15 is 0 Å². The standard InChI is InChI=1S/C20H26N4O2S/c1-3-17-22-13(2)18(27-17)20(26)23-16-9-5-4-7-14(16)11-24-10-6-8-15(12-24)19(21)25/h4-5,7,9,15H,3,6,8,10-12H2,1-2H3,(H2,21,25)(H,23,26). The van der Waals surface area contributed by atoms with Gasteiger partial charge in [-0.2, -0.15) is 0 Å². The van der Waals surface area contributed by atoms with Gasteiger partial charge in [-0.15, -0.1) is 11.3 Å². The van der Waals surface area contributed by atoms with Gasteiger partial charge in [-0.1, -0.05) is 25.1 Å². The molecule has 1 aliphatic rings. The number of primary amides is 1. The Morgan fingerprint density at radius 1 is 1.37 bits per heavy atom. The molecule has 27 heavy (non-hydrogen) atoms. The number of para-hydroxylation sites is 1. The number of hydrogen-bond donors (Lipinski definition) is 2. The zero-order valence-corrected chi connectivity index (χ0v) is 16.6. The molecule has 2 aromatic rings. The van der Waals surface area contributed by atoms with Crippen LogP contribution in [-0.4, -0.2) is 34.8 Å². The van der Waals surface area contributed by atoms with Crippen LogP contribution in [0.1, 0.15) is 45.7 Å². The third kappa shape index (κ3) is 4.73. The van der Waals surface area contributed by atoms with Gasteiger partial charge < -0.3 is 11.1 Å². The monoisotopic (exact) mass is 386 g/mol. The minimum atomic E-state index is -0.228. The molecule has 3 rings (SSSR count). The molecule has 144 valence electrons. The zero-order chi connectivity index (χ0) is 19.4. The summed E-state index contributed by atoms with van der Waals surface area (Å²) in [5, 5.41) is 4.01. The van der Waals surface area contributed by atoms with Crippen LogP contribution in [0.5, 0.6) is 0 Å². The molecule has 0 aliphatic carbocycles. The summed E-state index contributed by atoms with van der Waals surface area (Å²) in [5.41, 5.74) is 8.09. The number of piperidine rings is 1. The minimum absolute atomic E-state index is 0.0900. The van der Waals surface area contributed by atoms with E-state index in [1.165, 1.54) is 11.3 Å². The van der Waals surface area contributed by atoms with E-state index in [1.807, 2.05) is 38.1 Å². The summed E-state index contributed by atoms with van der Waals surface area (Å²) in [6, 6.07) is 7.81. The Balaban J connectivity index is 1.73. The van der Waals surface area contributed by atoms with Crippen LogP contribution in [0.4, 0.5) is 5.69 Å². The first-order valence-electron chi connectivity index (χ1n) is 9.35. The van der Waals surface area contributed by atoms with E-state index < -0.39 is 0 Å². The van der Waals surface area contributed by atoms with Gasteiger partial charge in [0.25, 0.3) is 5.91 Å². The molecule has 1 aliphatic heterocycles. The van der Waals surface area contributed by atoms with E-state index in [4.69, 9.17) is 5.73 Å². The van der Waals surface area contributed by atoms with Crippen molar-refractivity contribution in [2.24, 2.45) is 11.7 Å². The third-order valence-corrected chi connectivity index (χ3v) is 6.22. The fourth-order valence-corrected chi connectivity index (χ4v) is 4.35. The largest absolute Gasteiger partial charge is 0.369 e. The van der Waals surface area contributed by atoms with Gasteiger partial charge in [-0.25, -0.2) is 4.98 Å². The van der Waals surface area contributed by atoms with Crippen LogP contribution in [0, 0.1) is 12.8 Å². The van der Waals surface area contributed by atoms with Crippen molar-refractivity contribution in [2.45, 2.75) is 39.7 Å². The average molecular weight is 387 g/mol. The summed E-state index contributed by atoms with van der Waals surface area (Å²) in [6.07, 6.45) is 2.64. The summed E-state index contributed by atoms with van der Waals surface area (Å²) in [4.78, 5) is 31.6. The molecule has 0 bridgehead atoms. The van der Waals surface area contributed by atoms with Crippen molar-refractivity contribution in [3.63, 3.8) is 0 Å². The fourth-order valence-electron chi connectivity index (χ4n) is 3.45. The molecule has 0 spiro atoms. The van der Waals surface area contributed by atoms with Crippen molar-refractivity contribution < 1.29 is 9.59 Å². The number of anilines is 1. The maximum Gasteiger partial charge on any atom is 0.267 e. The lowest BCUT2D eigenvalue weighted by molar-refractivity contribution is -0.123. The molecule has 1 saturated heterocycles. The number of carbonyl (C=O) groups is 2. The van der Waals surface area contributed by atoms with Crippen molar-refractivity contribution in [1.29, 1.82) is 0 Å². The highest BCUT2D eigenvalue weighted by atomic mass is 32.1.